The molecule has 0 heterocycles. The van der Waals surface area contributed by atoms with Crippen LogP contribution in [0.1, 0.15) is 66.7 Å². The predicted molar refractivity (Wildman–Crippen MR) is 74.0 cm³/mol. The van der Waals surface area contributed by atoms with Crippen molar-refractivity contribution < 1.29 is 4.74 Å². The summed E-state index contributed by atoms with van der Waals surface area (Å²) in [7, 11) is 0. The lowest BCUT2D eigenvalue weighted by molar-refractivity contribution is -0.0498. The molecule has 17 heavy (non-hydrogen) atoms. The van der Waals surface area contributed by atoms with Gasteiger partial charge in [0.1, 0.15) is 6.23 Å². The van der Waals surface area contributed by atoms with Gasteiger partial charge in [-0.25, -0.2) is 0 Å². The van der Waals surface area contributed by atoms with Gasteiger partial charge in [0.15, 0.2) is 0 Å². The molecule has 0 aliphatic heterocycles. The first-order valence-corrected chi connectivity index (χ1v) is 7.32. The molecule has 0 radical (unpaired) electrons. The minimum atomic E-state index is 0.214. The maximum absolute atomic E-state index is 6.04. The van der Waals surface area contributed by atoms with Gasteiger partial charge in [-0.2, -0.15) is 0 Å². The zero-order valence-corrected chi connectivity index (χ0v) is 12.4. The van der Waals surface area contributed by atoms with Crippen molar-refractivity contribution in [2.75, 3.05) is 6.54 Å². The highest BCUT2D eigenvalue weighted by atomic mass is 16.5. The van der Waals surface area contributed by atoms with Crippen molar-refractivity contribution in [3.05, 3.63) is 0 Å². The maximum Gasteiger partial charge on any atom is 0.105 e. The summed E-state index contributed by atoms with van der Waals surface area (Å²) in [5.74, 6) is 0.876. The number of ether oxygens (including phenoxy) is 1. The Morgan fingerprint density at radius 2 is 1.76 bits per heavy atom. The van der Waals surface area contributed by atoms with E-state index in [2.05, 4.69) is 39.9 Å². The lowest BCUT2D eigenvalue weighted by atomic mass is 9.72. The molecular formula is C15H31NO. The van der Waals surface area contributed by atoms with Crippen LogP contribution in [-0.2, 0) is 4.74 Å². The van der Waals surface area contributed by atoms with E-state index in [-0.39, 0.29) is 6.23 Å². The topological polar surface area (TPSA) is 21.3 Å². The maximum atomic E-state index is 6.04. The summed E-state index contributed by atoms with van der Waals surface area (Å²) in [6.45, 7) is 12.5. The van der Waals surface area contributed by atoms with Crippen LogP contribution in [0, 0.1) is 11.3 Å². The molecule has 0 saturated heterocycles. The van der Waals surface area contributed by atoms with Crippen LogP contribution in [-0.4, -0.2) is 18.9 Å². The molecule has 0 aromatic carbocycles. The van der Waals surface area contributed by atoms with Crippen LogP contribution in [0.3, 0.4) is 0 Å². The molecule has 1 saturated carbocycles. The second-order valence-corrected chi connectivity index (χ2v) is 6.57. The highest BCUT2D eigenvalue weighted by Crippen LogP contribution is 2.38. The first-order chi connectivity index (χ1) is 7.93. The van der Waals surface area contributed by atoms with Crippen molar-refractivity contribution in [2.45, 2.75) is 79.1 Å². The van der Waals surface area contributed by atoms with Gasteiger partial charge in [0.25, 0.3) is 0 Å². The largest absolute Gasteiger partial charge is 0.360 e. The zero-order chi connectivity index (χ0) is 12.9. The first kappa shape index (κ1) is 15.0. The SMILES string of the molecule is CCCNC(C)O[C@H]1CC[C@H](C(C)(C)C)CC1. The van der Waals surface area contributed by atoms with Gasteiger partial charge in [-0.15, -0.1) is 0 Å². The summed E-state index contributed by atoms with van der Waals surface area (Å²) in [5, 5.41) is 3.40. The van der Waals surface area contributed by atoms with E-state index in [0.29, 0.717) is 11.5 Å². The van der Waals surface area contributed by atoms with E-state index in [9.17, 15) is 0 Å². The third-order valence-corrected chi connectivity index (χ3v) is 3.98. The highest BCUT2D eigenvalue weighted by Gasteiger charge is 2.30. The van der Waals surface area contributed by atoms with Crippen LogP contribution >= 0.6 is 0 Å². The van der Waals surface area contributed by atoms with Gasteiger partial charge in [-0.1, -0.05) is 27.7 Å². The molecule has 1 atom stereocenters. The molecule has 1 aliphatic carbocycles. The van der Waals surface area contributed by atoms with Gasteiger partial charge in [0, 0.05) is 0 Å². The Labute approximate surface area is 108 Å². The molecule has 2 nitrogen and oxygen atoms in total. The van der Waals surface area contributed by atoms with E-state index >= 15 is 0 Å². The molecule has 1 rings (SSSR count). The zero-order valence-electron chi connectivity index (χ0n) is 12.4. The molecule has 0 amide bonds. The Kier molecular flexibility index (Phi) is 5.94. The van der Waals surface area contributed by atoms with E-state index in [1.54, 1.807) is 0 Å². The van der Waals surface area contributed by atoms with Gasteiger partial charge in [-0.05, 0) is 56.9 Å². The number of nitrogens with one attached hydrogen (secondary N) is 1. The molecule has 2 heteroatoms. The van der Waals surface area contributed by atoms with E-state index in [1.165, 1.54) is 32.1 Å². The molecule has 0 aromatic rings. The van der Waals surface area contributed by atoms with Crippen molar-refractivity contribution in [3.8, 4) is 0 Å². The summed E-state index contributed by atoms with van der Waals surface area (Å²) in [6.07, 6.45) is 6.99. The van der Waals surface area contributed by atoms with E-state index in [0.717, 1.165) is 12.5 Å². The normalized spacial score (nSPS) is 28.1. The molecule has 0 aromatic heterocycles. The number of hydrogen-bond donors (Lipinski definition) is 1. The molecule has 1 fully saturated rings. The quantitative estimate of drug-likeness (QED) is 0.736. The molecule has 102 valence electrons. The predicted octanol–water partition coefficient (Wildman–Crippen LogP) is 3.95. The standard InChI is InChI=1S/C15H31NO/c1-6-11-16-12(2)17-14-9-7-13(8-10-14)15(3,4)5/h12-14,16H,6-11H2,1-5H3/t12?,13-,14-. The lowest BCUT2D eigenvalue weighted by Gasteiger charge is -2.37. The van der Waals surface area contributed by atoms with E-state index < -0.39 is 0 Å². The molecule has 0 spiro atoms. The Balaban J connectivity index is 2.23. The fourth-order valence-electron chi connectivity index (χ4n) is 2.75. The molecular weight excluding hydrogens is 210 g/mol. The van der Waals surface area contributed by atoms with Gasteiger partial charge in [-0.3, -0.25) is 5.32 Å². The summed E-state index contributed by atoms with van der Waals surface area (Å²) >= 11 is 0. The fourth-order valence-corrected chi connectivity index (χ4v) is 2.75. The van der Waals surface area contributed by atoms with E-state index in [1.807, 2.05) is 0 Å². The summed E-state index contributed by atoms with van der Waals surface area (Å²) in [5.41, 5.74) is 0.469. The lowest BCUT2D eigenvalue weighted by Crippen LogP contribution is -2.36. The minimum absolute atomic E-state index is 0.214. The van der Waals surface area contributed by atoms with Crippen LogP contribution in [0.2, 0.25) is 0 Å². The van der Waals surface area contributed by atoms with Crippen molar-refractivity contribution >= 4 is 0 Å². The minimum Gasteiger partial charge on any atom is -0.360 e. The summed E-state index contributed by atoms with van der Waals surface area (Å²) in [6, 6.07) is 0. The molecule has 1 N–H and O–H groups in total. The Morgan fingerprint density at radius 1 is 1.18 bits per heavy atom. The van der Waals surface area contributed by atoms with E-state index in [4.69, 9.17) is 4.74 Å². The first-order valence-electron chi connectivity index (χ1n) is 7.32. The molecule has 0 bridgehead atoms. The van der Waals surface area contributed by atoms with Gasteiger partial charge < -0.3 is 4.74 Å². The third-order valence-electron chi connectivity index (χ3n) is 3.98. The van der Waals surface area contributed by atoms with Crippen LogP contribution in [0.5, 0.6) is 0 Å². The molecule has 1 unspecified atom stereocenters. The Morgan fingerprint density at radius 3 is 2.24 bits per heavy atom. The number of hydrogen-bond acceptors (Lipinski definition) is 2. The smallest absolute Gasteiger partial charge is 0.105 e. The van der Waals surface area contributed by atoms with Crippen LogP contribution in [0.25, 0.3) is 0 Å². The van der Waals surface area contributed by atoms with Crippen molar-refractivity contribution in [2.24, 2.45) is 11.3 Å². The Bertz CT molecular complexity index is 201. The number of rotatable bonds is 5. The van der Waals surface area contributed by atoms with Gasteiger partial charge in [0.2, 0.25) is 0 Å². The highest BCUT2D eigenvalue weighted by molar-refractivity contribution is 4.81. The van der Waals surface area contributed by atoms with Crippen molar-refractivity contribution in [3.63, 3.8) is 0 Å². The second kappa shape index (κ2) is 6.75. The summed E-state index contributed by atoms with van der Waals surface area (Å²) in [4.78, 5) is 0. The second-order valence-electron chi connectivity index (χ2n) is 6.57. The Hall–Kier alpha value is -0.0800. The van der Waals surface area contributed by atoms with Gasteiger partial charge in [0.05, 0.1) is 6.10 Å². The third kappa shape index (κ3) is 5.39. The average Bonchev–Trinajstić information content (AvgIpc) is 2.26. The van der Waals surface area contributed by atoms with Crippen molar-refractivity contribution in [1.29, 1.82) is 0 Å². The van der Waals surface area contributed by atoms with Crippen LogP contribution in [0.4, 0.5) is 0 Å². The summed E-state index contributed by atoms with van der Waals surface area (Å²) < 4.78 is 6.04. The van der Waals surface area contributed by atoms with Crippen molar-refractivity contribution in [1.82, 2.24) is 5.32 Å². The van der Waals surface area contributed by atoms with Crippen LogP contribution < -0.4 is 5.32 Å². The average molecular weight is 241 g/mol. The van der Waals surface area contributed by atoms with Crippen LogP contribution in [0.15, 0.2) is 0 Å². The monoisotopic (exact) mass is 241 g/mol. The fraction of sp³-hybridized carbons (Fsp3) is 1.00. The van der Waals surface area contributed by atoms with Gasteiger partial charge >= 0.3 is 0 Å². The molecule has 1 aliphatic rings.